The molecule has 2 atom stereocenters. The minimum atomic E-state index is -0.708. The van der Waals surface area contributed by atoms with E-state index in [4.69, 9.17) is 10.5 Å². The van der Waals surface area contributed by atoms with E-state index in [0.717, 1.165) is 23.3 Å². The Labute approximate surface area is 214 Å². The molecule has 7 heteroatoms. The minimum Gasteiger partial charge on any atom is -0.497 e. The number of hydrogen-bond acceptors (Lipinski definition) is 5. The highest BCUT2D eigenvalue weighted by atomic mass is 16.5. The van der Waals surface area contributed by atoms with E-state index in [1.165, 1.54) is 0 Å². The summed E-state index contributed by atoms with van der Waals surface area (Å²) in [4.78, 5) is 41.3. The van der Waals surface area contributed by atoms with Crippen LogP contribution in [0.25, 0.3) is 0 Å². The fourth-order valence-corrected chi connectivity index (χ4v) is 5.02. The lowest BCUT2D eigenvalue weighted by Gasteiger charge is -2.42. The highest BCUT2D eigenvalue weighted by molar-refractivity contribution is 5.91. The van der Waals surface area contributed by atoms with E-state index in [-0.39, 0.29) is 30.1 Å². The standard InChI is InChI=1S/C29H39N3O4/c1-4-8-26(33)29(23-9-6-5-7-10-23)15-17-32(18-16-29)28(35)25(31-27(34)19-21(2)30)20-22-11-13-24(36-3)14-12-22/h5-7,9-14,21,25H,4,8,15-20,30H2,1-3H3,(H,31,34). The molecule has 0 radical (unpaired) electrons. The number of amides is 2. The van der Waals surface area contributed by atoms with E-state index < -0.39 is 11.5 Å². The fourth-order valence-electron chi connectivity index (χ4n) is 5.02. The zero-order chi connectivity index (χ0) is 26.1. The third kappa shape index (κ3) is 6.72. The van der Waals surface area contributed by atoms with Crippen molar-refractivity contribution in [2.45, 2.75) is 69.9 Å². The van der Waals surface area contributed by atoms with Gasteiger partial charge in [-0.25, -0.2) is 0 Å². The average molecular weight is 494 g/mol. The molecule has 1 fully saturated rings. The van der Waals surface area contributed by atoms with Gasteiger partial charge < -0.3 is 20.7 Å². The molecule has 2 aromatic carbocycles. The van der Waals surface area contributed by atoms with Gasteiger partial charge >= 0.3 is 0 Å². The normalized spacial score (nSPS) is 16.6. The van der Waals surface area contributed by atoms with Crippen LogP contribution >= 0.6 is 0 Å². The summed E-state index contributed by atoms with van der Waals surface area (Å²) >= 11 is 0. The molecule has 3 N–H and O–H groups in total. The van der Waals surface area contributed by atoms with Crippen LogP contribution in [0.15, 0.2) is 54.6 Å². The molecule has 0 spiro atoms. The van der Waals surface area contributed by atoms with Crippen molar-refractivity contribution in [1.82, 2.24) is 10.2 Å². The zero-order valence-electron chi connectivity index (χ0n) is 21.7. The van der Waals surface area contributed by atoms with Crippen LogP contribution in [-0.2, 0) is 26.2 Å². The van der Waals surface area contributed by atoms with Crippen LogP contribution < -0.4 is 15.8 Å². The zero-order valence-corrected chi connectivity index (χ0v) is 21.7. The number of ketones is 1. The van der Waals surface area contributed by atoms with Crippen LogP contribution in [0.5, 0.6) is 5.75 Å². The Morgan fingerprint density at radius 1 is 1.06 bits per heavy atom. The predicted octanol–water partition coefficient (Wildman–Crippen LogP) is 3.39. The number of Topliss-reactive ketones (excluding diaryl/α,β-unsaturated/α-hetero) is 1. The molecule has 7 nitrogen and oxygen atoms in total. The Balaban J connectivity index is 1.78. The van der Waals surface area contributed by atoms with Gasteiger partial charge in [0.1, 0.15) is 17.6 Å². The Hall–Kier alpha value is -3.19. The smallest absolute Gasteiger partial charge is 0.245 e. The number of likely N-dealkylation sites (tertiary alicyclic amines) is 1. The topological polar surface area (TPSA) is 102 Å². The molecule has 194 valence electrons. The number of piperidine rings is 1. The van der Waals surface area contributed by atoms with E-state index in [1.807, 2.05) is 61.5 Å². The van der Waals surface area contributed by atoms with Gasteiger partial charge in [-0.3, -0.25) is 14.4 Å². The maximum Gasteiger partial charge on any atom is 0.245 e. The summed E-state index contributed by atoms with van der Waals surface area (Å²) in [5.41, 5.74) is 7.18. The molecule has 1 heterocycles. The number of benzene rings is 2. The summed E-state index contributed by atoms with van der Waals surface area (Å²) in [5.74, 6) is 0.593. The number of ether oxygens (including phenoxy) is 1. The molecule has 1 aliphatic heterocycles. The summed E-state index contributed by atoms with van der Waals surface area (Å²) < 4.78 is 5.23. The maximum absolute atomic E-state index is 13.7. The largest absolute Gasteiger partial charge is 0.497 e. The van der Waals surface area contributed by atoms with E-state index in [2.05, 4.69) is 5.32 Å². The second-order valence-electron chi connectivity index (χ2n) is 9.80. The van der Waals surface area contributed by atoms with Crippen LogP contribution in [0, 0.1) is 0 Å². The first-order chi connectivity index (χ1) is 17.3. The number of nitrogens with two attached hydrogens (primary N) is 1. The first kappa shape index (κ1) is 27.4. The van der Waals surface area contributed by atoms with Crippen LogP contribution in [0.2, 0.25) is 0 Å². The lowest BCUT2D eigenvalue weighted by atomic mass is 9.68. The van der Waals surface area contributed by atoms with E-state index in [9.17, 15) is 14.4 Å². The lowest BCUT2D eigenvalue weighted by Crippen LogP contribution is -2.55. The van der Waals surface area contributed by atoms with Gasteiger partial charge in [-0.1, -0.05) is 49.4 Å². The molecular formula is C29H39N3O4. The molecule has 2 amide bonds. The van der Waals surface area contributed by atoms with Crippen molar-refractivity contribution in [3.63, 3.8) is 0 Å². The number of methoxy groups -OCH3 is 1. The van der Waals surface area contributed by atoms with Crippen molar-refractivity contribution >= 4 is 17.6 Å². The summed E-state index contributed by atoms with van der Waals surface area (Å²) in [6.45, 7) is 4.71. The number of hydrogen-bond donors (Lipinski definition) is 2. The van der Waals surface area contributed by atoms with Gasteiger partial charge in [0.25, 0.3) is 0 Å². The van der Waals surface area contributed by atoms with Crippen molar-refractivity contribution < 1.29 is 19.1 Å². The molecule has 3 rings (SSSR count). The Kier molecular flexibility index (Phi) is 9.65. The molecule has 2 aromatic rings. The molecular weight excluding hydrogens is 454 g/mol. The number of carbonyl (C=O) groups excluding carboxylic acids is 3. The molecule has 36 heavy (non-hydrogen) atoms. The van der Waals surface area contributed by atoms with Crippen molar-refractivity contribution in [2.75, 3.05) is 20.2 Å². The Morgan fingerprint density at radius 3 is 2.25 bits per heavy atom. The highest BCUT2D eigenvalue weighted by Gasteiger charge is 2.43. The summed E-state index contributed by atoms with van der Waals surface area (Å²) in [6, 6.07) is 16.4. The first-order valence-corrected chi connectivity index (χ1v) is 12.8. The SMILES string of the molecule is CCCC(=O)C1(c2ccccc2)CCN(C(=O)C(Cc2ccc(OC)cc2)NC(=O)CC(C)N)CC1. The second-order valence-corrected chi connectivity index (χ2v) is 9.80. The number of nitrogens with one attached hydrogen (secondary N) is 1. The van der Waals surface area contributed by atoms with Gasteiger partial charge in [-0.15, -0.1) is 0 Å². The second kappa shape index (κ2) is 12.7. The van der Waals surface area contributed by atoms with Gasteiger partial charge in [0.05, 0.1) is 12.5 Å². The number of rotatable bonds is 11. The molecule has 1 saturated heterocycles. The van der Waals surface area contributed by atoms with Gasteiger partial charge in [0, 0.05) is 38.4 Å². The third-order valence-electron chi connectivity index (χ3n) is 7.01. The third-order valence-corrected chi connectivity index (χ3v) is 7.01. The first-order valence-electron chi connectivity index (χ1n) is 12.8. The van der Waals surface area contributed by atoms with Crippen LogP contribution in [0.3, 0.4) is 0 Å². The fraction of sp³-hybridized carbons (Fsp3) is 0.483. The van der Waals surface area contributed by atoms with E-state index in [1.54, 1.807) is 18.9 Å². The van der Waals surface area contributed by atoms with Gasteiger partial charge in [-0.05, 0) is 49.4 Å². The molecule has 0 aliphatic carbocycles. The lowest BCUT2D eigenvalue weighted by molar-refractivity contribution is -0.139. The van der Waals surface area contributed by atoms with Crippen LogP contribution in [-0.4, -0.2) is 54.8 Å². The van der Waals surface area contributed by atoms with Crippen LogP contribution in [0.4, 0.5) is 0 Å². The van der Waals surface area contributed by atoms with Gasteiger partial charge in [0.2, 0.25) is 11.8 Å². The quantitative estimate of drug-likeness (QED) is 0.500. The Morgan fingerprint density at radius 2 is 1.69 bits per heavy atom. The minimum absolute atomic E-state index is 0.131. The van der Waals surface area contributed by atoms with Crippen molar-refractivity contribution in [1.29, 1.82) is 0 Å². The van der Waals surface area contributed by atoms with E-state index in [0.29, 0.717) is 38.8 Å². The van der Waals surface area contributed by atoms with E-state index >= 15 is 0 Å². The summed E-state index contributed by atoms with van der Waals surface area (Å²) in [6.07, 6.45) is 2.98. The molecule has 2 unspecified atom stereocenters. The van der Waals surface area contributed by atoms with Crippen LogP contribution in [0.1, 0.15) is 57.1 Å². The Bertz CT molecular complexity index is 1010. The van der Waals surface area contributed by atoms with Crippen molar-refractivity contribution in [2.24, 2.45) is 5.73 Å². The summed E-state index contributed by atoms with van der Waals surface area (Å²) in [5, 5.41) is 2.91. The van der Waals surface area contributed by atoms with Gasteiger partial charge in [0.15, 0.2) is 0 Å². The van der Waals surface area contributed by atoms with Crippen molar-refractivity contribution in [3.05, 3.63) is 65.7 Å². The molecule has 0 bridgehead atoms. The van der Waals surface area contributed by atoms with Crippen molar-refractivity contribution in [3.8, 4) is 5.75 Å². The highest BCUT2D eigenvalue weighted by Crippen LogP contribution is 2.38. The summed E-state index contributed by atoms with van der Waals surface area (Å²) in [7, 11) is 1.60. The average Bonchev–Trinajstić information content (AvgIpc) is 2.88. The molecule has 0 saturated carbocycles. The number of carbonyl (C=O) groups is 3. The number of nitrogens with zero attached hydrogens (tertiary/aromatic N) is 1. The predicted molar refractivity (Wildman–Crippen MR) is 141 cm³/mol. The monoisotopic (exact) mass is 493 g/mol. The maximum atomic E-state index is 13.7. The molecule has 1 aliphatic rings. The molecule has 0 aromatic heterocycles. The van der Waals surface area contributed by atoms with Gasteiger partial charge in [-0.2, -0.15) is 0 Å².